The monoisotopic (exact) mass is 513 g/mol. The van der Waals surface area contributed by atoms with Gasteiger partial charge in [0.1, 0.15) is 17.3 Å². The summed E-state index contributed by atoms with van der Waals surface area (Å²) in [5, 5.41) is 15.9. The lowest BCUT2D eigenvalue weighted by Crippen LogP contribution is -2.48. The fourth-order valence-electron chi connectivity index (χ4n) is 6.55. The van der Waals surface area contributed by atoms with Gasteiger partial charge in [0.05, 0.1) is 29.8 Å². The number of carbonyl (C=O) groups is 2. The summed E-state index contributed by atoms with van der Waals surface area (Å²) in [5.41, 5.74) is -2.53. The van der Waals surface area contributed by atoms with Gasteiger partial charge in [-0.15, -0.1) is 0 Å². The number of rotatable bonds is 7. The zero-order chi connectivity index (χ0) is 25.0. The molecule has 3 saturated carbocycles. The van der Waals surface area contributed by atoms with Crippen LogP contribution in [0.25, 0.3) is 0 Å². The number of likely N-dealkylation sites (tertiary alicyclic amines) is 1. The number of alkyl halides is 1. The van der Waals surface area contributed by atoms with Crippen LogP contribution in [0.4, 0.5) is 13.2 Å². The molecule has 4 atom stereocenters. The summed E-state index contributed by atoms with van der Waals surface area (Å²) in [5.74, 6) is -3.10. The van der Waals surface area contributed by atoms with Crippen LogP contribution in [0.3, 0.4) is 0 Å². The maximum Gasteiger partial charge on any atom is 0.234 e. The van der Waals surface area contributed by atoms with Gasteiger partial charge in [-0.05, 0) is 82.0 Å². The molecule has 10 heteroatoms. The summed E-state index contributed by atoms with van der Waals surface area (Å²) in [6.45, 7) is 1.99. The fraction of sp³-hybridized carbons (Fsp3) is 0.680. The van der Waals surface area contributed by atoms with E-state index in [1.54, 1.807) is 0 Å². The standard InChI is InChI=1S/C25H31ClF3N3O3/c26-15-2-3-16(27)20(21(15)28)22(24-4-6-25(29,13-24)7-5-24)31-23(35)14-10-17(18(33)11-14)30-19(34)12-32-8-1-9-32/h2-3,14,17-18,22,33H,1,4-13H2,(H,30,34)(H,31,35)/t14-,17-,18+,22+,24?,25?/m0/s1. The molecule has 1 aliphatic heterocycles. The first kappa shape index (κ1) is 24.8. The van der Waals surface area contributed by atoms with E-state index in [1.165, 1.54) is 0 Å². The number of aliphatic hydroxyl groups excluding tert-OH is 1. The molecule has 2 bridgehead atoms. The van der Waals surface area contributed by atoms with Crippen molar-refractivity contribution >= 4 is 23.4 Å². The summed E-state index contributed by atoms with van der Waals surface area (Å²) < 4.78 is 45.1. The highest BCUT2D eigenvalue weighted by atomic mass is 35.5. The maximum absolute atomic E-state index is 15.1. The maximum atomic E-state index is 15.1. The molecule has 35 heavy (non-hydrogen) atoms. The Labute approximate surface area is 207 Å². The van der Waals surface area contributed by atoms with Crippen molar-refractivity contribution in [1.82, 2.24) is 15.5 Å². The molecule has 3 aliphatic carbocycles. The zero-order valence-corrected chi connectivity index (χ0v) is 20.2. The highest BCUT2D eigenvalue weighted by Gasteiger charge is 2.59. The van der Waals surface area contributed by atoms with Crippen molar-refractivity contribution in [3.05, 3.63) is 34.4 Å². The number of amides is 2. The molecule has 0 aromatic heterocycles. The number of carbonyl (C=O) groups excluding carboxylic acids is 2. The third-order valence-corrected chi connectivity index (χ3v) is 8.93. The number of hydrogen-bond acceptors (Lipinski definition) is 4. The van der Waals surface area contributed by atoms with E-state index in [0.717, 1.165) is 31.6 Å². The van der Waals surface area contributed by atoms with Crippen molar-refractivity contribution < 1.29 is 27.9 Å². The second-order valence-corrected chi connectivity index (χ2v) is 11.3. The topological polar surface area (TPSA) is 81.7 Å². The molecule has 0 spiro atoms. The van der Waals surface area contributed by atoms with E-state index < -0.39 is 52.7 Å². The van der Waals surface area contributed by atoms with Crippen LogP contribution in [0.5, 0.6) is 0 Å². The Morgan fingerprint density at radius 3 is 2.49 bits per heavy atom. The smallest absolute Gasteiger partial charge is 0.234 e. The second kappa shape index (κ2) is 9.23. The van der Waals surface area contributed by atoms with Crippen LogP contribution in [-0.4, -0.2) is 59.3 Å². The van der Waals surface area contributed by atoms with Crippen molar-refractivity contribution in [2.24, 2.45) is 11.3 Å². The summed E-state index contributed by atoms with van der Waals surface area (Å²) in [6.07, 6.45) is 2.00. The fourth-order valence-corrected chi connectivity index (χ4v) is 6.72. The van der Waals surface area contributed by atoms with E-state index in [0.29, 0.717) is 12.8 Å². The van der Waals surface area contributed by atoms with Crippen molar-refractivity contribution in [2.45, 2.75) is 75.2 Å². The number of benzene rings is 1. The molecule has 1 aromatic rings. The van der Waals surface area contributed by atoms with Crippen LogP contribution < -0.4 is 10.6 Å². The van der Waals surface area contributed by atoms with Crippen molar-refractivity contribution in [3.8, 4) is 0 Å². The predicted octanol–water partition coefficient (Wildman–Crippen LogP) is 3.41. The summed E-state index contributed by atoms with van der Waals surface area (Å²) in [4.78, 5) is 27.6. The molecule has 5 rings (SSSR count). The van der Waals surface area contributed by atoms with Crippen molar-refractivity contribution in [3.63, 3.8) is 0 Å². The molecule has 1 heterocycles. The second-order valence-electron chi connectivity index (χ2n) is 10.9. The molecule has 0 unspecified atom stereocenters. The average molecular weight is 514 g/mol. The van der Waals surface area contributed by atoms with Gasteiger partial charge in [0.15, 0.2) is 0 Å². The first-order valence-corrected chi connectivity index (χ1v) is 12.8. The van der Waals surface area contributed by atoms with E-state index in [2.05, 4.69) is 10.6 Å². The summed E-state index contributed by atoms with van der Waals surface area (Å²) >= 11 is 5.96. The van der Waals surface area contributed by atoms with Gasteiger partial charge >= 0.3 is 0 Å². The molecule has 6 nitrogen and oxygen atoms in total. The third-order valence-electron chi connectivity index (χ3n) is 8.64. The lowest BCUT2D eigenvalue weighted by atomic mass is 9.74. The summed E-state index contributed by atoms with van der Waals surface area (Å²) in [6, 6.07) is 0.528. The Morgan fingerprint density at radius 1 is 1.17 bits per heavy atom. The van der Waals surface area contributed by atoms with Crippen LogP contribution in [0, 0.1) is 23.0 Å². The van der Waals surface area contributed by atoms with Crippen LogP contribution >= 0.6 is 11.6 Å². The minimum absolute atomic E-state index is 0.119. The first-order chi connectivity index (χ1) is 16.6. The molecule has 3 N–H and O–H groups in total. The number of hydrogen-bond donors (Lipinski definition) is 3. The molecule has 2 amide bonds. The van der Waals surface area contributed by atoms with E-state index in [1.807, 2.05) is 4.90 Å². The van der Waals surface area contributed by atoms with Gasteiger partial charge in [-0.25, -0.2) is 13.2 Å². The number of nitrogens with one attached hydrogen (secondary N) is 2. The Bertz CT molecular complexity index is 1010. The Hall–Kier alpha value is -1.84. The van der Waals surface area contributed by atoms with Gasteiger partial charge < -0.3 is 15.7 Å². The molecule has 0 radical (unpaired) electrons. The number of aliphatic hydroxyl groups is 1. The highest BCUT2D eigenvalue weighted by molar-refractivity contribution is 6.30. The van der Waals surface area contributed by atoms with E-state index in [4.69, 9.17) is 11.6 Å². The van der Waals surface area contributed by atoms with E-state index in [9.17, 15) is 19.1 Å². The number of nitrogens with zero attached hydrogens (tertiary/aromatic N) is 1. The Morgan fingerprint density at radius 2 is 1.89 bits per heavy atom. The molecular weight excluding hydrogens is 483 g/mol. The van der Waals surface area contributed by atoms with Gasteiger partial charge in [-0.1, -0.05) is 11.6 Å². The Kier molecular flexibility index (Phi) is 6.55. The molecule has 192 valence electrons. The lowest BCUT2D eigenvalue weighted by molar-refractivity contribution is -0.127. The Balaban J connectivity index is 1.33. The van der Waals surface area contributed by atoms with Crippen LogP contribution in [0.15, 0.2) is 12.1 Å². The lowest BCUT2D eigenvalue weighted by Gasteiger charge is -2.37. The van der Waals surface area contributed by atoms with E-state index in [-0.39, 0.29) is 55.1 Å². The van der Waals surface area contributed by atoms with Crippen LogP contribution in [-0.2, 0) is 9.59 Å². The molecular formula is C25H31ClF3N3O3. The van der Waals surface area contributed by atoms with Gasteiger partial charge in [0.25, 0.3) is 0 Å². The zero-order valence-electron chi connectivity index (χ0n) is 19.5. The predicted molar refractivity (Wildman–Crippen MR) is 123 cm³/mol. The molecule has 4 aliphatic rings. The minimum Gasteiger partial charge on any atom is -0.391 e. The van der Waals surface area contributed by atoms with E-state index >= 15 is 8.78 Å². The van der Waals surface area contributed by atoms with Crippen LogP contribution in [0.2, 0.25) is 5.02 Å². The molecule has 1 aromatic carbocycles. The van der Waals surface area contributed by atoms with Gasteiger partial charge in [-0.3, -0.25) is 14.5 Å². The first-order valence-electron chi connectivity index (χ1n) is 12.4. The SMILES string of the molecule is O=C(CN1CCC1)N[C@H]1C[C@H](C(=O)N[C@H](c2c(F)ccc(Cl)c2F)C23CCC(F)(CC2)C3)C[C@H]1O. The summed E-state index contributed by atoms with van der Waals surface area (Å²) in [7, 11) is 0. The highest BCUT2D eigenvalue weighted by Crippen LogP contribution is 2.63. The minimum atomic E-state index is -1.39. The largest absolute Gasteiger partial charge is 0.391 e. The van der Waals surface area contributed by atoms with Crippen molar-refractivity contribution in [1.29, 1.82) is 0 Å². The van der Waals surface area contributed by atoms with Gasteiger partial charge in [-0.2, -0.15) is 0 Å². The quantitative estimate of drug-likeness (QED) is 0.488. The molecule has 1 saturated heterocycles. The number of fused-ring (bicyclic) bond motifs is 2. The average Bonchev–Trinajstić information content (AvgIpc) is 3.44. The molecule has 4 fully saturated rings. The normalized spacial score (nSPS) is 35.1. The van der Waals surface area contributed by atoms with Gasteiger partial charge in [0, 0.05) is 11.5 Å². The van der Waals surface area contributed by atoms with Gasteiger partial charge in [0.2, 0.25) is 11.8 Å². The van der Waals surface area contributed by atoms with Crippen LogP contribution in [0.1, 0.15) is 63.0 Å². The third kappa shape index (κ3) is 4.67. The number of halogens is 4. The van der Waals surface area contributed by atoms with Crippen molar-refractivity contribution in [2.75, 3.05) is 19.6 Å².